The summed E-state index contributed by atoms with van der Waals surface area (Å²) in [7, 11) is 0. The lowest BCUT2D eigenvalue weighted by atomic mass is 10.1. The summed E-state index contributed by atoms with van der Waals surface area (Å²) in [5.74, 6) is -0.727. The molecule has 0 saturated carbocycles. The molecule has 0 radical (unpaired) electrons. The Morgan fingerprint density at radius 2 is 1.83 bits per heavy atom. The average molecular weight is 397 g/mol. The highest BCUT2D eigenvalue weighted by atomic mass is 19.4. The maximum Gasteiger partial charge on any atom is 0.418 e. The third kappa shape index (κ3) is 4.87. The largest absolute Gasteiger partial charge is 0.418 e. The van der Waals surface area contributed by atoms with Crippen molar-refractivity contribution >= 4 is 23.2 Å². The van der Waals surface area contributed by atoms with E-state index < -0.39 is 17.6 Å². The predicted molar refractivity (Wildman–Crippen MR) is 101 cm³/mol. The van der Waals surface area contributed by atoms with Crippen LogP contribution in [-0.2, 0) is 6.18 Å². The van der Waals surface area contributed by atoms with Crippen molar-refractivity contribution in [1.29, 1.82) is 5.26 Å². The van der Waals surface area contributed by atoms with Crippen LogP contribution in [0.5, 0.6) is 0 Å². The number of amides is 1. The van der Waals surface area contributed by atoms with Crippen LogP contribution in [-0.4, -0.2) is 15.9 Å². The van der Waals surface area contributed by atoms with Crippen molar-refractivity contribution in [3.8, 4) is 6.07 Å². The molecule has 9 heteroatoms. The van der Waals surface area contributed by atoms with Gasteiger partial charge in [-0.05, 0) is 43.3 Å². The summed E-state index contributed by atoms with van der Waals surface area (Å²) in [6.45, 7) is 1.59. The van der Waals surface area contributed by atoms with Crippen molar-refractivity contribution in [1.82, 2.24) is 9.97 Å². The summed E-state index contributed by atoms with van der Waals surface area (Å²) >= 11 is 0. The zero-order chi connectivity index (χ0) is 21.0. The van der Waals surface area contributed by atoms with Gasteiger partial charge in [0.1, 0.15) is 5.69 Å². The lowest BCUT2D eigenvalue weighted by molar-refractivity contribution is -0.136. The first-order valence-electron chi connectivity index (χ1n) is 8.37. The second-order valence-corrected chi connectivity index (χ2v) is 6.03. The number of hydrogen-bond donors (Lipinski definition) is 2. The molecule has 0 atom stereocenters. The standard InChI is InChI=1S/C20H14F3N5O/c1-12-9-17(18(29)26-14-6-4-5-13(10-14)11-24)28-19(25-12)27-16-8-3-2-7-15(16)20(21,22)23/h2-10H,1H3,(H,26,29)(H,25,27,28). The minimum Gasteiger partial charge on any atom is -0.324 e. The molecule has 146 valence electrons. The quantitative estimate of drug-likeness (QED) is 0.668. The van der Waals surface area contributed by atoms with Gasteiger partial charge in [0, 0.05) is 11.4 Å². The van der Waals surface area contributed by atoms with Crippen LogP contribution in [0.1, 0.15) is 27.3 Å². The second-order valence-electron chi connectivity index (χ2n) is 6.03. The monoisotopic (exact) mass is 397 g/mol. The van der Waals surface area contributed by atoms with Gasteiger partial charge in [-0.1, -0.05) is 18.2 Å². The number of halogens is 3. The first kappa shape index (κ1) is 19.8. The lowest BCUT2D eigenvalue weighted by Crippen LogP contribution is -2.16. The number of alkyl halides is 3. The Morgan fingerprint density at radius 3 is 2.55 bits per heavy atom. The third-order valence-electron chi connectivity index (χ3n) is 3.82. The summed E-state index contributed by atoms with van der Waals surface area (Å²) in [6, 6.07) is 14.6. The van der Waals surface area contributed by atoms with E-state index in [0.29, 0.717) is 16.9 Å². The van der Waals surface area contributed by atoms with Crippen LogP contribution in [0.25, 0.3) is 0 Å². The topological polar surface area (TPSA) is 90.7 Å². The minimum absolute atomic E-state index is 0.0353. The van der Waals surface area contributed by atoms with Gasteiger partial charge in [-0.25, -0.2) is 9.97 Å². The number of para-hydroxylation sites is 1. The van der Waals surface area contributed by atoms with Crippen LogP contribution in [0.2, 0.25) is 0 Å². The molecule has 0 bridgehead atoms. The fourth-order valence-electron chi connectivity index (χ4n) is 2.56. The molecule has 3 aromatic rings. The number of hydrogen-bond acceptors (Lipinski definition) is 5. The van der Waals surface area contributed by atoms with Crippen molar-refractivity contribution in [2.45, 2.75) is 13.1 Å². The van der Waals surface area contributed by atoms with E-state index in [4.69, 9.17) is 5.26 Å². The first-order chi connectivity index (χ1) is 13.8. The van der Waals surface area contributed by atoms with Crippen molar-refractivity contribution in [2.24, 2.45) is 0 Å². The van der Waals surface area contributed by atoms with E-state index in [0.717, 1.165) is 6.07 Å². The van der Waals surface area contributed by atoms with Crippen LogP contribution in [0.4, 0.5) is 30.5 Å². The van der Waals surface area contributed by atoms with Gasteiger partial charge < -0.3 is 10.6 Å². The molecule has 3 rings (SSSR count). The molecular weight excluding hydrogens is 383 g/mol. The van der Waals surface area contributed by atoms with Crippen molar-refractivity contribution in [2.75, 3.05) is 10.6 Å². The number of benzene rings is 2. The van der Waals surface area contributed by atoms with E-state index in [9.17, 15) is 18.0 Å². The van der Waals surface area contributed by atoms with Crippen LogP contribution >= 0.6 is 0 Å². The number of carbonyl (C=O) groups is 1. The molecule has 1 amide bonds. The fourth-order valence-corrected chi connectivity index (χ4v) is 2.56. The number of aryl methyl sites for hydroxylation is 1. The number of anilines is 3. The number of rotatable bonds is 4. The molecule has 0 aliphatic rings. The number of nitrogens with one attached hydrogen (secondary N) is 2. The third-order valence-corrected chi connectivity index (χ3v) is 3.82. The maximum atomic E-state index is 13.2. The highest BCUT2D eigenvalue weighted by Gasteiger charge is 2.33. The predicted octanol–water partition coefficient (Wildman–Crippen LogP) is 4.67. The highest BCUT2D eigenvalue weighted by molar-refractivity contribution is 6.03. The Hall–Kier alpha value is -3.93. The lowest BCUT2D eigenvalue weighted by Gasteiger charge is -2.14. The molecule has 0 fully saturated rings. The number of carbonyl (C=O) groups excluding carboxylic acids is 1. The molecule has 0 aliphatic heterocycles. The molecule has 0 aliphatic carbocycles. The van der Waals surface area contributed by atoms with Crippen LogP contribution in [0.15, 0.2) is 54.6 Å². The van der Waals surface area contributed by atoms with E-state index in [1.165, 1.54) is 30.3 Å². The molecule has 29 heavy (non-hydrogen) atoms. The highest BCUT2D eigenvalue weighted by Crippen LogP contribution is 2.35. The first-order valence-corrected chi connectivity index (χ1v) is 8.37. The van der Waals surface area contributed by atoms with Crippen molar-refractivity contribution in [3.63, 3.8) is 0 Å². The molecule has 0 spiro atoms. The molecule has 6 nitrogen and oxygen atoms in total. The van der Waals surface area contributed by atoms with Gasteiger partial charge in [-0.2, -0.15) is 18.4 Å². The molecule has 0 saturated heterocycles. The molecule has 0 unspecified atom stereocenters. The van der Waals surface area contributed by atoms with Gasteiger partial charge in [0.2, 0.25) is 5.95 Å². The van der Waals surface area contributed by atoms with Crippen molar-refractivity contribution in [3.05, 3.63) is 77.1 Å². The van der Waals surface area contributed by atoms with Gasteiger partial charge in [0.25, 0.3) is 5.91 Å². The van der Waals surface area contributed by atoms with E-state index in [-0.39, 0.29) is 17.3 Å². The normalized spacial score (nSPS) is 10.9. The van der Waals surface area contributed by atoms with Gasteiger partial charge in [0.05, 0.1) is 22.9 Å². The Kier molecular flexibility index (Phi) is 5.45. The van der Waals surface area contributed by atoms with Crippen LogP contribution < -0.4 is 10.6 Å². The number of aromatic nitrogens is 2. The Labute approximate surface area is 164 Å². The van der Waals surface area contributed by atoms with E-state index in [1.54, 1.807) is 25.1 Å². The van der Waals surface area contributed by atoms with E-state index >= 15 is 0 Å². The molecule has 2 aromatic carbocycles. The Balaban J connectivity index is 1.87. The van der Waals surface area contributed by atoms with Crippen LogP contribution in [0.3, 0.4) is 0 Å². The van der Waals surface area contributed by atoms with Gasteiger partial charge in [-0.3, -0.25) is 4.79 Å². The molecular formula is C20H14F3N5O. The summed E-state index contributed by atoms with van der Waals surface area (Å²) in [5.41, 5.74) is 0.0212. The zero-order valence-corrected chi connectivity index (χ0v) is 15.1. The summed E-state index contributed by atoms with van der Waals surface area (Å²) in [4.78, 5) is 20.6. The van der Waals surface area contributed by atoms with E-state index in [1.807, 2.05) is 6.07 Å². The SMILES string of the molecule is Cc1cc(C(=O)Nc2cccc(C#N)c2)nc(Nc2ccccc2C(F)(F)F)n1. The van der Waals surface area contributed by atoms with Crippen LogP contribution in [0, 0.1) is 18.3 Å². The average Bonchev–Trinajstić information content (AvgIpc) is 2.67. The number of nitrogens with zero attached hydrogens (tertiary/aromatic N) is 3. The van der Waals surface area contributed by atoms with Gasteiger partial charge in [0.15, 0.2) is 0 Å². The smallest absolute Gasteiger partial charge is 0.324 e. The molecule has 1 heterocycles. The van der Waals surface area contributed by atoms with Gasteiger partial charge in [-0.15, -0.1) is 0 Å². The molecule has 2 N–H and O–H groups in total. The molecule has 1 aromatic heterocycles. The second kappa shape index (κ2) is 7.98. The number of nitriles is 1. The summed E-state index contributed by atoms with van der Waals surface area (Å²) < 4.78 is 39.5. The van der Waals surface area contributed by atoms with Crippen molar-refractivity contribution < 1.29 is 18.0 Å². The Morgan fingerprint density at radius 1 is 1.07 bits per heavy atom. The Bertz CT molecular complexity index is 1110. The zero-order valence-electron chi connectivity index (χ0n) is 15.1. The summed E-state index contributed by atoms with van der Waals surface area (Å²) in [6.07, 6.45) is -4.56. The van der Waals surface area contributed by atoms with E-state index in [2.05, 4.69) is 20.6 Å². The minimum atomic E-state index is -4.56. The fraction of sp³-hybridized carbons (Fsp3) is 0.100. The summed E-state index contributed by atoms with van der Waals surface area (Å²) in [5, 5.41) is 14.1. The van der Waals surface area contributed by atoms with Gasteiger partial charge >= 0.3 is 6.18 Å². The maximum absolute atomic E-state index is 13.2.